The maximum absolute atomic E-state index is 11.5. The van der Waals surface area contributed by atoms with Gasteiger partial charge in [0, 0.05) is 11.8 Å². The van der Waals surface area contributed by atoms with Gasteiger partial charge in [-0.15, -0.1) is 0 Å². The highest BCUT2D eigenvalue weighted by molar-refractivity contribution is 9.09. The Labute approximate surface area is 114 Å². The van der Waals surface area contributed by atoms with E-state index in [2.05, 4.69) is 21.2 Å². The van der Waals surface area contributed by atoms with Crippen LogP contribution in [0.25, 0.3) is 0 Å². The Bertz CT molecular complexity index is 443. The minimum absolute atomic E-state index is 0.0578. The minimum Gasteiger partial charge on any atom is -0.325 e. The third kappa shape index (κ3) is 4.76. The minimum atomic E-state index is -0.0578. The van der Waals surface area contributed by atoms with E-state index >= 15 is 0 Å². The molecule has 0 unspecified atom stereocenters. The number of benzene rings is 1. The highest BCUT2D eigenvalue weighted by Gasteiger charge is 2.06. The van der Waals surface area contributed by atoms with Crippen molar-refractivity contribution in [1.29, 1.82) is 5.26 Å². The van der Waals surface area contributed by atoms with E-state index in [0.29, 0.717) is 22.7 Å². The van der Waals surface area contributed by atoms with Crippen molar-refractivity contribution < 1.29 is 4.79 Å². The molecule has 0 bridgehead atoms. The van der Waals surface area contributed by atoms with Gasteiger partial charge in [0.2, 0.25) is 5.91 Å². The molecule has 0 aliphatic carbocycles. The van der Waals surface area contributed by atoms with Crippen molar-refractivity contribution in [2.75, 3.05) is 10.6 Å². The van der Waals surface area contributed by atoms with Crippen LogP contribution in [0.1, 0.15) is 24.8 Å². The van der Waals surface area contributed by atoms with Gasteiger partial charge >= 0.3 is 0 Å². The third-order valence-electron chi connectivity index (χ3n) is 2.16. The highest BCUT2D eigenvalue weighted by atomic mass is 79.9. The zero-order valence-electron chi connectivity index (χ0n) is 9.17. The molecule has 0 aromatic heterocycles. The average Bonchev–Trinajstić information content (AvgIpc) is 2.32. The lowest BCUT2D eigenvalue weighted by Gasteiger charge is -2.06. The molecule has 5 heteroatoms. The number of hydrogen-bond donors (Lipinski definition) is 1. The molecular formula is C12H12BrClN2O. The summed E-state index contributed by atoms with van der Waals surface area (Å²) in [5.41, 5.74) is 1.03. The fourth-order valence-corrected chi connectivity index (χ4v) is 1.90. The standard InChI is InChI=1S/C12H12BrClN2O/c13-6-2-1-3-12(17)16-11-5-4-9(8-15)7-10(11)14/h4-5,7H,1-3,6H2,(H,16,17). The topological polar surface area (TPSA) is 52.9 Å². The van der Waals surface area contributed by atoms with Crippen LogP contribution in [0, 0.1) is 11.3 Å². The largest absolute Gasteiger partial charge is 0.325 e. The van der Waals surface area contributed by atoms with Gasteiger partial charge in [0.1, 0.15) is 0 Å². The van der Waals surface area contributed by atoms with Crippen molar-refractivity contribution >= 4 is 39.1 Å². The summed E-state index contributed by atoms with van der Waals surface area (Å²) < 4.78 is 0. The molecule has 0 radical (unpaired) electrons. The summed E-state index contributed by atoms with van der Waals surface area (Å²) >= 11 is 9.25. The fourth-order valence-electron chi connectivity index (χ4n) is 1.28. The van der Waals surface area contributed by atoms with Crippen LogP contribution < -0.4 is 5.32 Å². The van der Waals surface area contributed by atoms with Crippen molar-refractivity contribution in [2.45, 2.75) is 19.3 Å². The molecule has 0 saturated heterocycles. The van der Waals surface area contributed by atoms with Gasteiger partial charge < -0.3 is 5.32 Å². The Hall–Kier alpha value is -1.05. The molecule has 1 aromatic carbocycles. The second kappa shape index (κ2) is 7.31. The molecule has 0 spiro atoms. The molecule has 0 atom stereocenters. The number of anilines is 1. The first-order valence-corrected chi connectivity index (χ1v) is 6.72. The number of nitrogens with zero attached hydrogens (tertiary/aromatic N) is 1. The number of amides is 1. The van der Waals surface area contributed by atoms with Gasteiger partial charge in [-0.25, -0.2) is 0 Å². The molecule has 0 aliphatic rings. The number of nitriles is 1. The molecule has 0 aliphatic heterocycles. The van der Waals surface area contributed by atoms with Gasteiger partial charge in [-0.2, -0.15) is 5.26 Å². The maximum Gasteiger partial charge on any atom is 0.224 e. The lowest BCUT2D eigenvalue weighted by Crippen LogP contribution is -2.11. The van der Waals surface area contributed by atoms with Crippen LogP contribution in [0.3, 0.4) is 0 Å². The van der Waals surface area contributed by atoms with Gasteiger partial charge in [0.25, 0.3) is 0 Å². The molecule has 90 valence electrons. The van der Waals surface area contributed by atoms with Crippen LogP contribution >= 0.6 is 27.5 Å². The molecule has 0 heterocycles. The fraction of sp³-hybridized carbons (Fsp3) is 0.333. The van der Waals surface area contributed by atoms with E-state index in [1.807, 2.05) is 6.07 Å². The Balaban J connectivity index is 2.57. The predicted molar refractivity (Wildman–Crippen MR) is 72.4 cm³/mol. The van der Waals surface area contributed by atoms with Crippen LogP contribution in [0.2, 0.25) is 5.02 Å². The van der Waals surface area contributed by atoms with E-state index in [1.165, 1.54) is 6.07 Å². The van der Waals surface area contributed by atoms with E-state index in [-0.39, 0.29) is 5.91 Å². The van der Waals surface area contributed by atoms with Gasteiger partial charge in [-0.3, -0.25) is 4.79 Å². The number of hydrogen-bond acceptors (Lipinski definition) is 2. The zero-order valence-corrected chi connectivity index (χ0v) is 11.5. The first kappa shape index (κ1) is 14.0. The Morgan fingerprint density at radius 3 is 2.82 bits per heavy atom. The predicted octanol–water partition coefficient (Wildman–Crippen LogP) is 3.72. The lowest BCUT2D eigenvalue weighted by atomic mass is 10.2. The second-order valence-corrected chi connectivity index (χ2v) is 4.70. The van der Waals surface area contributed by atoms with Crippen molar-refractivity contribution in [3.8, 4) is 6.07 Å². The van der Waals surface area contributed by atoms with E-state index in [9.17, 15) is 4.79 Å². The lowest BCUT2D eigenvalue weighted by molar-refractivity contribution is -0.116. The summed E-state index contributed by atoms with van der Waals surface area (Å²) in [7, 11) is 0. The average molecular weight is 316 g/mol. The molecule has 17 heavy (non-hydrogen) atoms. The van der Waals surface area contributed by atoms with E-state index in [4.69, 9.17) is 16.9 Å². The smallest absolute Gasteiger partial charge is 0.224 e. The molecule has 3 nitrogen and oxygen atoms in total. The summed E-state index contributed by atoms with van der Waals surface area (Å²) in [5.74, 6) is -0.0578. The van der Waals surface area contributed by atoms with Gasteiger partial charge in [-0.05, 0) is 31.0 Å². The SMILES string of the molecule is N#Cc1ccc(NC(=O)CCCCBr)c(Cl)c1. The van der Waals surface area contributed by atoms with Crippen LogP contribution in [0.15, 0.2) is 18.2 Å². The summed E-state index contributed by atoms with van der Waals surface area (Å²) in [6, 6.07) is 6.79. The second-order valence-electron chi connectivity index (χ2n) is 3.50. The number of carbonyl (C=O) groups is 1. The van der Waals surface area contributed by atoms with Crippen molar-refractivity contribution in [2.24, 2.45) is 0 Å². The maximum atomic E-state index is 11.5. The monoisotopic (exact) mass is 314 g/mol. The zero-order chi connectivity index (χ0) is 12.7. The third-order valence-corrected chi connectivity index (χ3v) is 3.03. The summed E-state index contributed by atoms with van der Waals surface area (Å²) in [6.07, 6.45) is 2.28. The van der Waals surface area contributed by atoms with Crippen molar-refractivity contribution in [1.82, 2.24) is 0 Å². The van der Waals surface area contributed by atoms with Crippen molar-refractivity contribution in [3.05, 3.63) is 28.8 Å². The van der Waals surface area contributed by atoms with Crippen LogP contribution in [-0.2, 0) is 4.79 Å². The summed E-state index contributed by atoms with van der Waals surface area (Å²) in [6.45, 7) is 0. The quantitative estimate of drug-likeness (QED) is 0.665. The summed E-state index contributed by atoms with van der Waals surface area (Å²) in [4.78, 5) is 11.5. The van der Waals surface area contributed by atoms with Gasteiger partial charge in [-0.1, -0.05) is 27.5 Å². The summed E-state index contributed by atoms with van der Waals surface area (Å²) in [5, 5.41) is 12.7. The molecule has 0 fully saturated rings. The molecule has 1 N–H and O–H groups in total. The number of nitrogens with one attached hydrogen (secondary N) is 1. The molecule has 1 amide bonds. The number of rotatable bonds is 5. The van der Waals surface area contributed by atoms with Gasteiger partial charge in [0.05, 0.1) is 22.3 Å². The molecule has 1 rings (SSSR count). The number of alkyl halides is 1. The van der Waals surface area contributed by atoms with Crippen LogP contribution in [-0.4, -0.2) is 11.2 Å². The molecule has 0 saturated carbocycles. The van der Waals surface area contributed by atoms with E-state index < -0.39 is 0 Å². The number of carbonyl (C=O) groups excluding carboxylic acids is 1. The van der Waals surface area contributed by atoms with Gasteiger partial charge in [0.15, 0.2) is 0 Å². The van der Waals surface area contributed by atoms with Crippen molar-refractivity contribution in [3.63, 3.8) is 0 Å². The molecule has 1 aromatic rings. The molecular weight excluding hydrogens is 304 g/mol. The Kier molecular flexibility index (Phi) is 6.03. The number of unbranched alkanes of at least 4 members (excludes halogenated alkanes) is 1. The van der Waals surface area contributed by atoms with Crippen LogP contribution in [0.4, 0.5) is 5.69 Å². The first-order chi connectivity index (χ1) is 8.17. The highest BCUT2D eigenvalue weighted by Crippen LogP contribution is 2.23. The Morgan fingerprint density at radius 2 is 2.24 bits per heavy atom. The van der Waals surface area contributed by atoms with E-state index in [1.54, 1.807) is 12.1 Å². The van der Waals surface area contributed by atoms with Crippen LogP contribution in [0.5, 0.6) is 0 Å². The van der Waals surface area contributed by atoms with E-state index in [0.717, 1.165) is 18.2 Å². The Morgan fingerprint density at radius 1 is 1.47 bits per heavy atom. The number of halogens is 2. The normalized spacial score (nSPS) is 9.71. The first-order valence-electron chi connectivity index (χ1n) is 5.23.